The first-order chi connectivity index (χ1) is 8.24. The van der Waals surface area contributed by atoms with Gasteiger partial charge in [0, 0.05) is 17.3 Å². The zero-order valence-corrected chi connectivity index (χ0v) is 8.92. The van der Waals surface area contributed by atoms with E-state index in [1.807, 2.05) is 18.2 Å². The molecule has 0 bridgehead atoms. The molecule has 5 heteroatoms. The Morgan fingerprint density at radius 3 is 2.76 bits per heavy atom. The molecular weight excluding hydrogens is 216 g/mol. The standard InChI is InChI=1S/C12H10N4O/c13-9-4-1-3-8(7-9)12-14-10-5-2-6-11(17)16(10)15-12/h1-7H,13H2,(H,14,15). The highest BCUT2D eigenvalue weighted by Crippen LogP contribution is 2.17. The predicted molar refractivity (Wildman–Crippen MR) is 65.7 cm³/mol. The summed E-state index contributed by atoms with van der Waals surface area (Å²) in [5, 5.41) is 2.94. The van der Waals surface area contributed by atoms with Crippen LogP contribution < -0.4 is 11.3 Å². The Hall–Kier alpha value is -2.56. The third-order valence-electron chi connectivity index (χ3n) is 2.54. The lowest BCUT2D eigenvalue weighted by atomic mass is 10.2. The molecule has 0 saturated heterocycles. The minimum absolute atomic E-state index is 0.134. The van der Waals surface area contributed by atoms with Crippen LogP contribution in [0.4, 0.5) is 5.69 Å². The van der Waals surface area contributed by atoms with Crippen LogP contribution >= 0.6 is 0 Å². The topological polar surface area (TPSA) is 76.2 Å². The Morgan fingerprint density at radius 2 is 2.00 bits per heavy atom. The first-order valence-electron chi connectivity index (χ1n) is 5.18. The SMILES string of the molecule is Nc1cccc(-c2nc3cccc(=O)n3[nH]2)c1. The number of pyridine rings is 1. The summed E-state index contributed by atoms with van der Waals surface area (Å²) in [6, 6.07) is 12.3. The molecule has 3 N–H and O–H groups in total. The van der Waals surface area contributed by atoms with E-state index in [0.717, 1.165) is 5.56 Å². The minimum atomic E-state index is -0.134. The quantitative estimate of drug-likeness (QED) is 0.613. The Kier molecular flexibility index (Phi) is 1.98. The lowest BCUT2D eigenvalue weighted by Gasteiger charge is -1.96. The molecule has 0 radical (unpaired) electrons. The summed E-state index contributed by atoms with van der Waals surface area (Å²) >= 11 is 0. The molecule has 0 unspecified atom stereocenters. The van der Waals surface area contributed by atoms with Crippen molar-refractivity contribution in [1.82, 2.24) is 14.6 Å². The van der Waals surface area contributed by atoms with Crippen LogP contribution in [0.1, 0.15) is 0 Å². The molecule has 2 aromatic heterocycles. The van der Waals surface area contributed by atoms with Crippen molar-refractivity contribution in [3.63, 3.8) is 0 Å². The fourth-order valence-corrected chi connectivity index (χ4v) is 1.74. The first-order valence-corrected chi connectivity index (χ1v) is 5.18. The monoisotopic (exact) mass is 226 g/mol. The summed E-state index contributed by atoms with van der Waals surface area (Å²) in [7, 11) is 0. The molecule has 5 nitrogen and oxygen atoms in total. The maximum Gasteiger partial charge on any atom is 0.271 e. The number of aromatic nitrogens is 3. The summed E-state index contributed by atoms with van der Waals surface area (Å²) in [6.07, 6.45) is 0. The van der Waals surface area contributed by atoms with E-state index in [4.69, 9.17) is 5.73 Å². The van der Waals surface area contributed by atoms with Gasteiger partial charge >= 0.3 is 0 Å². The molecule has 3 rings (SSSR count). The summed E-state index contributed by atoms with van der Waals surface area (Å²) in [5.41, 5.74) is 7.69. The van der Waals surface area contributed by atoms with Crippen LogP contribution in [0.3, 0.4) is 0 Å². The van der Waals surface area contributed by atoms with Crippen molar-refractivity contribution >= 4 is 11.3 Å². The third-order valence-corrected chi connectivity index (χ3v) is 2.54. The highest BCUT2D eigenvalue weighted by molar-refractivity contribution is 5.62. The van der Waals surface area contributed by atoms with Crippen LogP contribution in [0.25, 0.3) is 17.0 Å². The molecule has 0 fully saturated rings. The van der Waals surface area contributed by atoms with Gasteiger partial charge in [0.05, 0.1) is 0 Å². The number of hydrogen-bond donors (Lipinski definition) is 2. The fourth-order valence-electron chi connectivity index (χ4n) is 1.74. The van der Waals surface area contributed by atoms with Gasteiger partial charge in [0.25, 0.3) is 5.56 Å². The molecular formula is C12H10N4O. The van der Waals surface area contributed by atoms with E-state index < -0.39 is 0 Å². The van der Waals surface area contributed by atoms with E-state index >= 15 is 0 Å². The number of benzene rings is 1. The van der Waals surface area contributed by atoms with E-state index in [9.17, 15) is 4.79 Å². The van der Waals surface area contributed by atoms with E-state index in [1.165, 1.54) is 10.6 Å². The summed E-state index contributed by atoms with van der Waals surface area (Å²) in [4.78, 5) is 15.9. The van der Waals surface area contributed by atoms with Gasteiger partial charge in [0.1, 0.15) is 0 Å². The highest BCUT2D eigenvalue weighted by atomic mass is 16.1. The van der Waals surface area contributed by atoms with Crippen LogP contribution in [0.5, 0.6) is 0 Å². The molecule has 0 aliphatic rings. The molecule has 2 heterocycles. The largest absolute Gasteiger partial charge is 0.399 e. The molecule has 0 atom stereocenters. The number of hydrogen-bond acceptors (Lipinski definition) is 3. The summed E-state index contributed by atoms with van der Waals surface area (Å²) < 4.78 is 1.40. The maximum atomic E-state index is 11.6. The molecule has 0 aliphatic heterocycles. The Morgan fingerprint density at radius 1 is 1.18 bits per heavy atom. The van der Waals surface area contributed by atoms with Gasteiger partial charge in [-0.15, -0.1) is 0 Å². The molecule has 0 aliphatic carbocycles. The van der Waals surface area contributed by atoms with Gasteiger partial charge < -0.3 is 5.73 Å². The van der Waals surface area contributed by atoms with Crippen LogP contribution in [0, 0.1) is 0 Å². The average Bonchev–Trinajstić information content (AvgIpc) is 2.74. The average molecular weight is 226 g/mol. The number of aromatic amines is 1. The van der Waals surface area contributed by atoms with Crippen molar-refractivity contribution < 1.29 is 0 Å². The Labute approximate surface area is 96.5 Å². The summed E-state index contributed by atoms with van der Waals surface area (Å²) in [5.74, 6) is 0.626. The van der Waals surface area contributed by atoms with Crippen LogP contribution in [-0.2, 0) is 0 Å². The maximum absolute atomic E-state index is 11.6. The minimum Gasteiger partial charge on any atom is -0.399 e. The number of nitrogen functional groups attached to an aromatic ring is 1. The summed E-state index contributed by atoms with van der Waals surface area (Å²) in [6.45, 7) is 0. The number of nitrogens with two attached hydrogens (primary N) is 1. The lowest BCUT2D eigenvalue weighted by Crippen LogP contribution is -2.11. The molecule has 17 heavy (non-hydrogen) atoms. The number of fused-ring (bicyclic) bond motifs is 1. The van der Waals surface area contributed by atoms with Gasteiger partial charge in [-0.05, 0) is 18.2 Å². The van der Waals surface area contributed by atoms with E-state index in [-0.39, 0.29) is 5.56 Å². The van der Waals surface area contributed by atoms with Crippen molar-refractivity contribution in [2.75, 3.05) is 5.73 Å². The Balaban J connectivity index is 2.25. The second kappa shape index (κ2) is 3.48. The number of H-pyrrole nitrogens is 1. The van der Waals surface area contributed by atoms with Crippen LogP contribution in [0.2, 0.25) is 0 Å². The molecule has 3 aromatic rings. The molecule has 84 valence electrons. The molecule has 0 spiro atoms. The first kappa shape index (κ1) is 9.65. The van der Waals surface area contributed by atoms with Crippen LogP contribution in [-0.4, -0.2) is 14.6 Å². The number of nitrogens with one attached hydrogen (secondary N) is 1. The van der Waals surface area contributed by atoms with Crippen molar-refractivity contribution in [1.29, 1.82) is 0 Å². The van der Waals surface area contributed by atoms with E-state index in [0.29, 0.717) is 17.2 Å². The Bertz CT molecular complexity index is 741. The number of nitrogens with zero attached hydrogens (tertiary/aromatic N) is 2. The molecule has 0 amide bonds. The molecule has 1 aromatic carbocycles. The normalized spacial score (nSPS) is 10.8. The van der Waals surface area contributed by atoms with E-state index in [1.54, 1.807) is 18.2 Å². The highest BCUT2D eigenvalue weighted by Gasteiger charge is 2.05. The van der Waals surface area contributed by atoms with Gasteiger partial charge in [-0.1, -0.05) is 18.2 Å². The van der Waals surface area contributed by atoms with Gasteiger partial charge in [0.2, 0.25) is 0 Å². The second-order valence-corrected chi connectivity index (χ2v) is 3.76. The van der Waals surface area contributed by atoms with Gasteiger partial charge in [-0.3, -0.25) is 9.89 Å². The van der Waals surface area contributed by atoms with Gasteiger partial charge in [0.15, 0.2) is 11.5 Å². The van der Waals surface area contributed by atoms with Gasteiger partial charge in [-0.2, -0.15) is 4.52 Å². The van der Waals surface area contributed by atoms with Crippen molar-refractivity contribution in [3.05, 3.63) is 52.8 Å². The second-order valence-electron chi connectivity index (χ2n) is 3.76. The lowest BCUT2D eigenvalue weighted by molar-refractivity contribution is 0.924. The zero-order chi connectivity index (χ0) is 11.8. The molecule has 0 saturated carbocycles. The number of rotatable bonds is 1. The van der Waals surface area contributed by atoms with Crippen molar-refractivity contribution in [2.45, 2.75) is 0 Å². The zero-order valence-electron chi connectivity index (χ0n) is 8.92. The van der Waals surface area contributed by atoms with Crippen molar-refractivity contribution in [3.8, 4) is 11.4 Å². The van der Waals surface area contributed by atoms with Crippen molar-refractivity contribution in [2.24, 2.45) is 0 Å². The number of anilines is 1. The fraction of sp³-hybridized carbons (Fsp3) is 0. The van der Waals surface area contributed by atoms with E-state index in [2.05, 4.69) is 10.1 Å². The smallest absolute Gasteiger partial charge is 0.271 e. The van der Waals surface area contributed by atoms with Gasteiger partial charge in [-0.25, -0.2) is 4.98 Å². The third kappa shape index (κ3) is 1.57. The van der Waals surface area contributed by atoms with Crippen LogP contribution in [0.15, 0.2) is 47.3 Å². The predicted octanol–water partition coefficient (Wildman–Crippen LogP) is 1.27.